The highest BCUT2D eigenvalue weighted by Gasteiger charge is 2.34. The monoisotopic (exact) mass is 1860 g/mol. The Morgan fingerprint density at radius 1 is 0.414 bits per heavy atom. The largest absolute Gasteiger partial charge is 0.343 e. The Hall–Kier alpha value is -10.4. The number of hydrogen-bond donors (Lipinski definition) is 4. The number of carbonyl (C=O) groups is 6. The van der Waals surface area contributed by atoms with E-state index in [0.29, 0.717) is 69.9 Å². The van der Waals surface area contributed by atoms with Crippen molar-refractivity contribution in [1.29, 1.82) is 0 Å². The van der Waals surface area contributed by atoms with Crippen molar-refractivity contribution < 1.29 is 71.2 Å². The van der Waals surface area contributed by atoms with E-state index in [2.05, 4.69) is 45.6 Å². The van der Waals surface area contributed by atoms with Gasteiger partial charge in [0.25, 0.3) is 51.9 Å². The molecule has 0 aliphatic heterocycles. The minimum Gasteiger partial charge on any atom is -0.343 e. The van der Waals surface area contributed by atoms with Gasteiger partial charge in [0.15, 0.2) is 20.1 Å². The third-order valence-electron chi connectivity index (χ3n) is 22.0. The van der Waals surface area contributed by atoms with E-state index in [9.17, 15) is 71.2 Å². The zero-order chi connectivity index (χ0) is 95.0. The Kier molecular flexibility index (Phi) is 33.2. The molecule has 0 spiro atoms. The summed E-state index contributed by atoms with van der Waals surface area (Å²) in [7, 11) is -0.0264. The molecule has 3 aliphatic rings. The molecular weight excluding hydrogens is 1740 g/mol. The van der Waals surface area contributed by atoms with Crippen molar-refractivity contribution in [3.63, 3.8) is 0 Å². The van der Waals surface area contributed by atoms with Crippen LogP contribution in [-0.2, 0) is 151 Å². The van der Waals surface area contributed by atoms with Crippen LogP contribution in [0, 0.1) is 11.6 Å². The molecule has 6 amide bonds. The van der Waals surface area contributed by atoms with Crippen LogP contribution < -0.4 is 18.9 Å². The molecular formula is C90H120ClF2N17O14S4. The predicted octanol–water partition coefficient (Wildman–Crippen LogP) is 11.4. The number of halogens is 3. The van der Waals surface area contributed by atoms with Gasteiger partial charge in [0.1, 0.15) is 23.0 Å². The standard InChI is InChI=1S/C23H35ClN4O3S.C23H24FN5O4S.C23H35FN4O3S.C21H26N4O4S/c1-14(2)19-9-17(24)10-20(15(3)4)21(19)12-22(29)26-32(30,31)23-11-18(13-27(7)8)28(25-23)16(5)6;1-28(2)23(31)20-13-22(26-29(20)3)34(32,33)27-21(30)12-18-15-5-4-6-16(15)19(24)11-17(18)14-7-9-25-10-8-14;1-14(2)19-9-17(24)10-20(15(3)4)21(19)12-22(29)26-32(30,31)23-11-18(13-27(7)8)28(25-23)16(5)6;1-24(2)21(27)18-12-20(22-25(18)3)30(28,29)23-19(26)11-17-15-8-4-6-13(15)10-14-7-5-9-16(14)17/h9-11,14-16H,12-13H2,1-8H3,(H,26,29);7-11,13H,4-6,12H2,1-3H3,(H,27,30);9-11,14-16H,12-13H2,1-8H3,(H,26,29);10,12H,4-9,11H2,1-3H3,(H,23,26). The van der Waals surface area contributed by atoms with Crippen LogP contribution in [0.1, 0.15) is 248 Å². The van der Waals surface area contributed by atoms with Crippen molar-refractivity contribution in [2.45, 2.75) is 236 Å². The molecule has 0 radical (unpaired) electrons. The average molecular weight is 1870 g/mol. The van der Waals surface area contributed by atoms with Crippen LogP contribution in [0.5, 0.6) is 0 Å². The number of sulfonamides is 4. The van der Waals surface area contributed by atoms with E-state index in [0.717, 1.165) is 94.9 Å². The third kappa shape index (κ3) is 24.7. The topological polar surface area (TPSA) is 384 Å². The first-order valence-electron chi connectivity index (χ1n) is 42.4. The number of nitrogens with zero attached hydrogens (tertiary/aromatic N) is 13. The second kappa shape index (κ2) is 42.0. The number of rotatable bonds is 29. The summed E-state index contributed by atoms with van der Waals surface area (Å²) in [5.74, 6) is -3.85. The van der Waals surface area contributed by atoms with Gasteiger partial charge in [0.2, 0.25) is 23.6 Å². The molecule has 4 N–H and O–H groups in total. The number of benzene rings is 4. The number of fused-ring (bicyclic) bond motifs is 3. The Bertz CT molecular complexity index is 5890. The van der Waals surface area contributed by atoms with Crippen molar-refractivity contribution in [1.82, 2.24) is 82.6 Å². The van der Waals surface area contributed by atoms with Crippen molar-refractivity contribution in [2.75, 3.05) is 56.4 Å². The second-order valence-corrected chi connectivity index (χ2v) is 42.2. The van der Waals surface area contributed by atoms with Crippen LogP contribution in [0.2, 0.25) is 5.02 Å². The van der Waals surface area contributed by atoms with E-state index in [1.165, 1.54) is 101 Å². The predicted molar refractivity (Wildman–Crippen MR) is 485 cm³/mol. The van der Waals surface area contributed by atoms with E-state index >= 15 is 0 Å². The lowest BCUT2D eigenvalue weighted by molar-refractivity contribution is -0.119. The average Bonchev–Trinajstić information content (AvgIpc) is 1.61. The fourth-order valence-electron chi connectivity index (χ4n) is 16.2. The molecule has 38 heteroatoms. The molecule has 4 aromatic carbocycles. The van der Waals surface area contributed by atoms with E-state index in [-0.39, 0.29) is 105 Å². The first-order chi connectivity index (χ1) is 59.7. The molecule has 0 fully saturated rings. The van der Waals surface area contributed by atoms with Gasteiger partial charge in [0.05, 0.1) is 37.1 Å². The molecule has 0 saturated carbocycles. The van der Waals surface area contributed by atoms with Crippen LogP contribution >= 0.6 is 11.6 Å². The fraction of sp³-hybridized carbons (Fsp3) is 0.478. The maximum atomic E-state index is 14.8. The van der Waals surface area contributed by atoms with Crippen LogP contribution in [0.15, 0.2) is 105 Å². The lowest BCUT2D eigenvalue weighted by Crippen LogP contribution is -2.33. The zero-order valence-electron chi connectivity index (χ0n) is 76.9. The highest BCUT2D eigenvalue weighted by Crippen LogP contribution is 2.39. The quantitative estimate of drug-likeness (QED) is 0.0338. The van der Waals surface area contributed by atoms with Crippen molar-refractivity contribution >= 4 is 87.1 Å². The summed E-state index contributed by atoms with van der Waals surface area (Å²) in [6.07, 6.45) is 10.7. The van der Waals surface area contributed by atoms with Gasteiger partial charge >= 0.3 is 0 Å². The normalized spacial score (nSPS) is 13.2. The first-order valence-corrected chi connectivity index (χ1v) is 48.7. The van der Waals surface area contributed by atoms with Gasteiger partial charge in [-0.3, -0.25) is 52.5 Å². The van der Waals surface area contributed by atoms with E-state index < -0.39 is 74.7 Å². The summed E-state index contributed by atoms with van der Waals surface area (Å²) >= 11 is 6.30. The highest BCUT2D eigenvalue weighted by molar-refractivity contribution is 7.90. The summed E-state index contributed by atoms with van der Waals surface area (Å²) in [5.41, 5.74) is 15.7. The van der Waals surface area contributed by atoms with Gasteiger partial charge in [-0.05, 0) is 269 Å². The van der Waals surface area contributed by atoms with Gasteiger partial charge in [0, 0.05) is 109 Å². The Morgan fingerprint density at radius 3 is 1.09 bits per heavy atom. The molecule has 5 heterocycles. The molecule has 0 saturated heterocycles. The lowest BCUT2D eigenvalue weighted by atomic mass is 9.87. The minimum absolute atomic E-state index is 0.0131. The summed E-state index contributed by atoms with van der Waals surface area (Å²) in [5, 5.41) is 15.8. The summed E-state index contributed by atoms with van der Waals surface area (Å²) in [6.45, 7) is 24.5. The Morgan fingerprint density at radius 2 is 0.742 bits per heavy atom. The first kappa shape index (κ1) is 101. The SMILES string of the molecule is CC(C)c1cc(Cl)cc(C(C)C)c1CC(=O)NS(=O)(=O)c1cc(CN(C)C)n(C(C)C)n1.CC(C)c1cc(F)cc(C(C)C)c1CC(=O)NS(=O)(=O)c1cc(CN(C)C)n(C(C)C)n1.CN(C)C(=O)c1cc(S(=O)(=O)NC(=O)Cc2c(-c3ccncc3)cc(F)c3c2CCC3)nn1C.CN(C)C(=O)c1cc(S(=O)(=O)NC(=O)Cc2c3c(cc4c2CCC4)CCC3)nn1C. The zero-order valence-corrected chi connectivity index (χ0v) is 81.0. The maximum absolute atomic E-state index is 14.8. The number of aromatic nitrogens is 9. The van der Waals surface area contributed by atoms with Crippen LogP contribution in [0.25, 0.3) is 11.1 Å². The van der Waals surface area contributed by atoms with Crippen LogP contribution in [-0.4, -0.2) is 189 Å². The molecule has 5 aromatic heterocycles. The molecule has 128 heavy (non-hydrogen) atoms. The van der Waals surface area contributed by atoms with E-state index in [1.807, 2.05) is 138 Å². The van der Waals surface area contributed by atoms with Crippen molar-refractivity contribution in [2.24, 2.45) is 14.1 Å². The second-order valence-electron chi connectivity index (χ2n) is 35.2. The third-order valence-corrected chi connectivity index (χ3v) is 27.2. The van der Waals surface area contributed by atoms with Gasteiger partial charge in [-0.15, -0.1) is 0 Å². The van der Waals surface area contributed by atoms with Gasteiger partial charge in [-0.25, -0.2) is 27.7 Å². The smallest absolute Gasteiger partial charge is 0.283 e. The summed E-state index contributed by atoms with van der Waals surface area (Å²) in [4.78, 5) is 86.2. The number of amides is 6. The molecule has 3 aliphatic carbocycles. The van der Waals surface area contributed by atoms with Crippen molar-refractivity contribution in [3.05, 3.63) is 203 Å². The highest BCUT2D eigenvalue weighted by atomic mass is 35.5. The van der Waals surface area contributed by atoms with Crippen molar-refractivity contribution in [3.8, 4) is 11.1 Å². The minimum atomic E-state index is -4.33. The molecule has 31 nitrogen and oxygen atoms in total. The lowest BCUT2D eigenvalue weighted by Gasteiger charge is -2.20. The van der Waals surface area contributed by atoms with Gasteiger partial charge < -0.3 is 19.6 Å². The molecule has 12 rings (SSSR count). The van der Waals surface area contributed by atoms with Crippen LogP contribution in [0.4, 0.5) is 8.78 Å². The molecule has 0 bridgehead atoms. The van der Waals surface area contributed by atoms with Crippen LogP contribution in [0.3, 0.4) is 0 Å². The molecule has 694 valence electrons. The molecule has 0 unspecified atom stereocenters. The Labute approximate surface area is 755 Å². The maximum Gasteiger partial charge on any atom is 0.283 e. The van der Waals surface area contributed by atoms with E-state index in [4.69, 9.17) is 11.6 Å². The molecule has 0 atom stereocenters. The van der Waals surface area contributed by atoms with E-state index in [1.54, 1.807) is 48.0 Å². The number of carbonyl (C=O) groups excluding carboxylic acids is 6. The number of nitrogens with one attached hydrogen (secondary N) is 4. The Balaban J connectivity index is 0.000000193. The fourth-order valence-corrected chi connectivity index (χ4v) is 20.3. The summed E-state index contributed by atoms with van der Waals surface area (Å²) < 4.78 is 146. The molecule has 9 aromatic rings. The number of aryl methyl sites for hydroxylation is 4. The van der Waals surface area contributed by atoms with Gasteiger partial charge in [-0.2, -0.15) is 54.1 Å². The van der Waals surface area contributed by atoms with Gasteiger partial charge in [-0.1, -0.05) is 73.1 Å². The number of pyridine rings is 1. The number of hydrogen-bond acceptors (Lipinski definition) is 21. The summed E-state index contributed by atoms with van der Waals surface area (Å²) in [6, 6.07) is 18.9.